The molecule has 0 bridgehead atoms. The molecule has 0 aliphatic rings. The van der Waals surface area contributed by atoms with Crippen molar-refractivity contribution in [1.29, 1.82) is 0 Å². The Balaban J connectivity index is 1.74. The third-order valence-corrected chi connectivity index (χ3v) is 19.0. The van der Waals surface area contributed by atoms with E-state index in [4.69, 9.17) is 4.42 Å². The standard InChI is InChI=1S/C40H48B24O/c41-15-3-1(4-6(18(44)29(55)27(53)16(4)42)2(5(3)17(43)28(54)26(15)52)13-23(49)33(59)37(63)34(60)24(13)50)7-12-11-9-8(20(46)30(56)31(57)21(9)47)10-14(25(51)35(61)32(58)22(10)48)39(11)65-40(12)38(64)36(62)19(7)45/h41-64H2. The van der Waals surface area contributed by atoms with Crippen LogP contribution in [-0.2, 0) is 0 Å². The van der Waals surface area contributed by atoms with Crippen molar-refractivity contribution in [2.45, 2.75) is 0 Å². The molecule has 0 aliphatic heterocycles. The van der Waals surface area contributed by atoms with Crippen molar-refractivity contribution < 1.29 is 4.42 Å². The van der Waals surface area contributed by atoms with Gasteiger partial charge in [-0.3, -0.25) is 0 Å². The topological polar surface area (TPSA) is 13.1 Å². The van der Waals surface area contributed by atoms with E-state index in [-0.39, 0.29) is 0 Å². The van der Waals surface area contributed by atoms with E-state index in [9.17, 15) is 0 Å². The summed E-state index contributed by atoms with van der Waals surface area (Å²) in [6, 6.07) is 0. The normalized spacial score (nSPS) is 11.9. The molecule has 0 fully saturated rings. The van der Waals surface area contributed by atoms with E-state index < -0.39 is 0 Å². The number of hydrogen-bond donors (Lipinski definition) is 0. The second-order valence-corrected chi connectivity index (χ2v) is 21.0. The lowest BCUT2D eigenvalue weighted by Gasteiger charge is -2.31. The Morgan fingerprint density at radius 1 is 0.138 bits per heavy atom. The van der Waals surface area contributed by atoms with Gasteiger partial charge in [-0.25, -0.2) is 0 Å². The first kappa shape index (κ1) is 46.3. The highest BCUT2D eigenvalue weighted by Crippen LogP contribution is 2.45. The van der Waals surface area contributed by atoms with Gasteiger partial charge in [0, 0.05) is 16.2 Å². The molecular formula is C40H48B24O. The molecule has 9 rings (SSSR count). The number of hydrogen-bond acceptors (Lipinski definition) is 1. The summed E-state index contributed by atoms with van der Waals surface area (Å²) in [4.78, 5) is 0. The monoisotopic (exact) mass is 809 g/mol. The number of benzene rings is 8. The van der Waals surface area contributed by atoms with Crippen molar-refractivity contribution in [3.8, 4) is 22.3 Å². The van der Waals surface area contributed by atoms with Crippen molar-refractivity contribution in [3.63, 3.8) is 0 Å². The van der Waals surface area contributed by atoms with Crippen LogP contribution < -0.4 is 131 Å². The average Bonchev–Trinajstić information content (AvgIpc) is 3.67. The summed E-state index contributed by atoms with van der Waals surface area (Å²) in [6.45, 7) is 0. The summed E-state index contributed by atoms with van der Waals surface area (Å²) >= 11 is 0. The molecule has 0 aliphatic carbocycles. The van der Waals surface area contributed by atoms with Gasteiger partial charge in [0.15, 0.2) is 0 Å². The Kier molecular flexibility index (Phi) is 10.9. The van der Waals surface area contributed by atoms with Crippen LogP contribution in [0.5, 0.6) is 0 Å². The molecule has 0 atom stereocenters. The van der Waals surface area contributed by atoms with Gasteiger partial charge in [-0.1, -0.05) is 71.0 Å². The van der Waals surface area contributed by atoms with Crippen LogP contribution in [0.1, 0.15) is 0 Å². The molecular weight excluding hydrogens is 756 g/mol. The number of furan rings is 1. The van der Waals surface area contributed by atoms with E-state index in [1.54, 1.807) is 0 Å². The molecule has 1 nitrogen and oxygen atoms in total. The highest BCUT2D eigenvalue weighted by atomic mass is 16.3. The summed E-state index contributed by atoms with van der Waals surface area (Å²) in [5, 5.41) is 13.5. The maximum absolute atomic E-state index is 7.68. The van der Waals surface area contributed by atoms with Crippen LogP contribution in [0.2, 0.25) is 0 Å². The third kappa shape index (κ3) is 5.75. The summed E-state index contributed by atoms with van der Waals surface area (Å²) in [7, 11) is 56.6. The highest BCUT2D eigenvalue weighted by molar-refractivity contribution is 6.77. The van der Waals surface area contributed by atoms with E-state index in [1.165, 1.54) is 207 Å². The zero-order valence-corrected chi connectivity index (χ0v) is 44.4. The predicted molar refractivity (Wildman–Crippen MR) is 371 cm³/mol. The van der Waals surface area contributed by atoms with E-state index in [0.29, 0.717) is 0 Å². The lowest BCUT2D eigenvalue weighted by atomic mass is 9.56. The lowest BCUT2D eigenvalue weighted by Crippen LogP contribution is -2.55. The molecule has 9 aromatic rings. The molecule has 8 aromatic carbocycles. The second kappa shape index (κ2) is 15.3. The first-order valence-electron chi connectivity index (χ1n) is 24.2. The van der Waals surface area contributed by atoms with Crippen LogP contribution in [0.15, 0.2) is 4.42 Å². The van der Waals surface area contributed by atoms with Gasteiger partial charge < -0.3 is 4.42 Å². The Morgan fingerprint density at radius 2 is 0.369 bits per heavy atom. The lowest BCUT2D eigenvalue weighted by molar-refractivity contribution is 0.676. The predicted octanol–water partition coefficient (Wildman–Crippen LogP) is -30.3. The van der Waals surface area contributed by atoms with Crippen molar-refractivity contribution in [2.24, 2.45) is 0 Å². The third-order valence-electron chi connectivity index (χ3n) is 19.0. The summed E-state index contributed by atoms with van der Waals surface area (Å²) in [5.74, 6) is 0. The van der Waals surface area contributed by atoms with Crippen molar-refractivity contribution in [2.75, 3.05) is 0 Å². The summed E-state index contributed by atoms with van der Waals surface area (Å²) < 4.78 is 7.68. The second-order valence-electron chi connectivity index (χ2n) is 21.0. The zero-order valence-electron chi connectivity index (χ0n) is 44.4. The minimum atomic E-state index is 1.02. The SMILES string of the molecule is Bc1c(B)c(B)c(-c2c3c(B)c(B)c(B)c(B)c3c(-c3c(B)c(B)c(B)c4oc5c6c(B)c(B)c(B)c(B)c6c6c(B)c(B)c(B)c(B)c6c5c34)c3c(B)c(B)c(B)c(B)c23)c(B)c1B. The largest absolute Gasteiger partial charge is 0.456 e. The van der Waals surface area contributed by atoms with Crippen LogP contribution in [-0.4, -0.2) is 188 Å². The number of rotatable bonds is 2. The molecule has 0 radical (unpaired) electrons. The first-order valence-corrected chi connectivity index (χ1v) is 24.2. The van der Waals surface area contributed by atoms with Crippen LogP contribution in [0.4, 0.5) is 0 Å². The molecule has 0 spiro atoms. The fraction of sp³-hybridized carbons (Fsp3) is 0. The van der Waals surface area contributed by atoms with E-state index >= 15 is 0 Å². The van der Waals surface area contributed by atoms with Crippen LogP contribution >= 0.6 is 0 Å². The molecule has 1 heterocycles. The molecule has 0 amide bonds. The molecule has 25 heteroatoms. The Morgan fingerprint density at radius 3 is 0.738 bits per heavy atom. The maximum Gasteiger partial charge on any atom is 0.143 e. The Bertz CT molecular complexity index is 3710. The smallest absolute Gasteiger partial charge is 0.143 e. The molecule has 0 saturated heterocycles. The van der Waals surface area contributed by atoms with Gasteiger partial charge in [-0.05, 0) is 60.0 Å². The minimum Gasteiger partial charge on any atom is -0.456 e. The van der Waals surface area contributed by atoms with Crippen LogP contribution in [0.25, 0.3) is 87.3 Å². The van der Waals surface area contributed by atoms with Gasteiger partial charge >= 0.3 is 0 Å². The average molecular weight is 804 g/mol. The fourth-order valence-corrected chi connectivity index (χ4v) is 12.8. The molecule has 1 aromatic heterocycles. The highest BCUT2D eigenvalue weighted by Gasteiger charge is 2.32. The summed E-state index contributed by atoms with van der Waals surface area (Å²) in [6.07, 6.45) is 0. The van der Waals surface area contributed by atoms with Gasteiger partial charge in [0.1, 0.15) is 199 Å². The Hall–Kier alpha value is -3.84. The minimum absolute atomic E-state index is 1.02. The number of fused-ring (bicyclic) bond motifs is 10. The molecule has 0 unspecified atom stereocenters. The molecule has 65 heavy (non-hydrogen) atoms. The van der Waals surface area contributed by atoms with Gasteiger partial charge in [0.2, 0.25) is 0 Å². The van der Waals surface area contributed by atoms with Gasteiger partial charge in [-0.2, -0.15) is 0 Å². The zero-order chi connectivity index (χ0) is 47.8. The van der Waals surface area contributed by atoms with Crippen LogP contribution in [0, 0.1) is 0 Å². The van der Waals surface area contributed by atoms with Gasteiger partial charge in [0.25, 0.3) is 0 Å². The molecule has 0 N–H and O–H groups in total. The van der Waals surface area contributed by atoms with Crippen molar-refractivity contribution in [1.82, 2.24) is 0 Å². The van der Waals surface area contributed by atoms with Crippen molar-refractivity contribution >= 4 is 384 Å². The van der Waals surface area contributed by atoms with Gasteiger partial charge in [-0.15, -0.1) is 60.1 Å². The van der Waals surface area contributed by atoms with E-state index in [0.717, 1.165) is 11.2 Å². The van der Waals surface area contributed by atoms with Gasteiger partial charge in [0.05, 0.1) is 0 Å². The van der Waals surface area contributed by atoms with Crippen molar-refractivity contribution in [3.05, 3.63) is 0 Å². The Labute approximate surface area is 408 Å². The molecule has 286 valence electrons. The van der Waals surface area contributed by atoms with E-state index in [2.05, 4.69) is 188 Å². The maximum atomic E-state index is 7.68. The van der Waals surface area contributed by atoms with Crippen LogP contribution in [0.3, 0.4) is 0 Å². The summed E-state index contributed by atoms with van der Waals surface area (Å²) in [5.41, 5.74) is 40.4. The molecule has 0 saturated carbocycles. The van der Waals surface area contributed by atoms with E-state index in [1.807, 2.05) is 0 Å². The quantitative estimate of drug-likeness (QED) is 0.0964. The fourth-order valence-electron chi connectivity index (χ4n) is 12.8. The first-order chi connectivity index (χ1) is 30.3.